The number of amidine groups is 1. The molecule has 2 rings (SSSR count). The third-order valence-electron chi connectivity index (χ3n) is 3.13. The molecular weight excluding hydrogens is 330 g/mol. The fraction of sp³-hybridized carbons (Fsp3) is 0.312. The molecule has 1 heterocycles. The number of likely N-dealkylation sites (N-methyl/N-ethyl adjacent to an activating group) is 1. The number of benzene rings is 1. The maximum absolute atomic E-state index is 12.2. The number of ether oxygens (including phenoxy) is 2. The number of primary amides is 1. The lowest BCUT2D eigenvalue weighted by Crippen LogP contribution is -2.23. The Morgan fingerprint density at radius 1 is 1.38 bits per heavy atom. The van der Waals surface area contributed by atoms with Crippen molar-refractivity contribution in [3.05, 3.63) is 28.7 Å². The van der Waals surface area contributed by atoms with Gasteiger partial charge < -0.3 is 15.2 Å². The van der Waals surface area contributed by atoms with Gasteiger partial charge in [-0.05, 0) is 42.5 Å². The highest BCUT2D eigenvalue weighted by molar-refractivity contribution is 8.18. The molecule has 0 aliphatic carbocycles. The van der Waals surface area contributed by atoms with Crippen LogP contribution in [-0.2, 0) is 9.59 Å². The van der Waals surface area contributed by atoms with Gasteiger partial charge in [0.15, 0.2) is 23.3 Å². The first kappa shape index (κ1) is 17.9. The maximum Gasteiger partial charge on any atom is 0.266 e. The van der Waals surface area contributed by atoms with Crippen LogP contribution >= 0.6 is 11.8 Å². The number of aliphatic imine (C=N–C) groups is 1. The predicted octanol–water partition coefficient (Wildman–Crippen LogP) is 1.48. The monoisotopic (exact) mass is 349 g/mol. The summed E-state index contributed by atoms with van der Waals surface area (Å²) >= 11 is 1.31. The average Bonchev–Trinajstić information content (AvgIpc) is 2.82. The van der Waals surface area contributed by atoms with Crippen molar-refractivity contribution in [1.82, 2.24) is 4.90 Å². The molecule has 0 atom stereocenters. The van der Waals surface area contributed by atoms with Gasteiger partial charge in [-0.2, -0.15) is 0 Å². The smallest absolute Gasteiger partial charge is 0.266 e. The molecule has 1 saturated heterocycles. The predicted molar refractivity (Wildman–Crippen MR) is 94.0 cm³/mol. The Hall–Kier alpha value is -2.48. The summed E-state index contributed by atoms with van der Waals surface area (Å²) in [7, 11) is 3.33. The molecule has 128 valence electrons. The molecule has 0 bridgehead atoms. The molecule has 24 heavy (non-hydrogen) atoms. The molecule has 8 heteroatoms. The Balaban J connectivity index is 2.28. The highest BCUT2D eigenvalue weighted by Gasteiger charge is 2.29. The lowest BCUT2D eigenvalue weighted by atomic mass is 10.2. The Kier molecular flexibility index (Phi) is 5.86. The minimum atomic E-state index is -0.564. The van der Waals surface area contributed by atoms with Crippen molar-refractivity contribution in [2.24, 2.45) is 10.7 Å². The lowest BCUT2D eigenvalue weighted by molar-refractivity contribution is -0.121. The molecule has 1 aromatic carbocycles. The molecule has 2 N–H and O–H groups in total. The van der Waals surface area contributed by atoms with Gasteiger partial charge in [-0.15, -0.1) is 0 Å². The Bertz CT molecular complexity index is 715. The van der Waals surface area contributed by atoms with Gasteiger partial charge in [-0.25, -0.2) is 0 Å². The van der Waals surface area contributed by atoms with E-state index in [2.05, 4.69) is 4.99 Å². The van der Waals surface area contributed by atoms with E-state index in [-0.39, 0.29) is 12.5 Å². The fourth-order valence-corrected chi connectivity index (χ4v) is 2.98. The van der Waals surface area contributed by atoms with Gasteiger partial charge >= 0.3 is 0 Å². The van der Waals surface area contributed by atoms with Crippen molar-refractivity contribution in [2.45, 2.75) is 6.92 Å². The van der Waals surface area contributed by atoms with Gasteiger partial charge in [-0.3, -0.25) is 19.5 Å². The number of thioether (sulfide) groups is 1. The number of amides is 2. The first-order chi connectivity index (χ1) is 11.5. The minimum absolute atomic E-state index is 0.104. The van der Waals surface area contributed by atoms with Crippen LogP contribution in [0.25, 0.3) is 6.08 Å². The third kappa shape index (κ3) is 4.08. The molecule has 0 unspecified atom stereocenters. The number of rotatable bonds is 6. The zero-order chi connectivity index (χ0) is 17.7. The normalized spacial score (nSPS) is 17.6. The molecule has 0 radical (unpaired) electrons. The number of carbonyl (C=O) groups is 2. The summed E-state index contributed by atoms with van der Waals surface area (Å²) in [6, 6.07) is 5.21. The largest absolute Gasteiger partial charge is 0.490 e. The molecule has 1 fully saturated rings. The summed E-state index contributed by atoms with van der Waals surface area (Å²) in [5, 5.41) is 0.651. The number of hydrogen-bond acceptors (Lipinski definition) is 6. The van der Waals surface area contributed by atoms with Gasteiger partial charge in [0.1, 0.15) is 0 Å². The first-order valence-electron chi connectivity index (χ1n) is 7.28. The van der Waals surface area contributed by atoms with Crippen LogP contribution in [0.4, 0.5) is 0 Å². The average molecular weight is 349 g/mol. The van der Waals surface area contributed by atoms with Gasteiger partial charge in [0, 0.05) is 14.1 Å². The highest BCUT2D eigenvalue weighted by Crippen LogP contribution is 2.34. The van der Waals surface area contributed by atoms with E-state index < -0.39 is 5.91 Å². The third-order valence-corrected chi connectivity index (χ3v) is 4.28. The van der Waals surface area contributed by atoms with Crippen molar-refractivity contribution in [1.29, 1.82) is 0 Å². The van der Waals surface area contributed by atoms with Crippen molar-refractivity contribution < 1.29 is 19.1 Å². The molecule has 0 aromatic heterocycles. The molecule has 2 amide bonds. The zero-order valence-corrected chi connectivity index (χ0v) is 14.6. The van der Waals surface area contributed by atoms with Crippen LogP contribution in [0.1, 0.15) is 12.5 Å². The SMILES string of the molecule is CCOc1cc(C=C2SC(=NC)N(C)C2=O)ccc1OCC(N)=O. The summed E-state index contributed by atoms with van der Waals surface area (Å²) in [5.41, 5.74) is 5.87. The van der Waals surface area contributed by atoms with E-state index in [0.29, 0.717) is 28.2 Å². The summed E-state index contributed by atoms with van der Waals surface area (Å²) < 4.78 is 10.9. The van der Waals surface area contributed by atoms with E-state index in [9.17, 15) is 9.59 Å². The van der Waals surface area contributed by atoms with E-state index >= 15 is 0 Å². The standard InChI is InChI=1S/C16H19N3O4S/c1-4-22-12-7-10(5-6-11(12)23-9-14(17)20)8-13-15(21)19(3)16(18-2)24-13/h5-8H,4,9H2,1-3H3,(H2,17,20). The Morgan fingerprint density at radius 3 is 2.71 bits per heavy atom. The second-order valence-corrected chi connectivity index (χ2v) is 5.88. The summed E-state index contributed by atoms with van der Waals surface area (Å²) in [6.45, 7) is 2.06. The van der Waals surface area contributed by atoms with Gasteiger partial charge in [0.25, 0.3) is 11.8 Å². The number of hydrogen-bond donors (Lipinski definition) is 1. The highest BCUT2D eigenvalue weighted by atomic mass is 32.2. The summed E-state index contributed by atoms with van der Waals surface area (Å²) in [4.78, 5) is 29.2. The van der Waals surface area contributed by atoms with Crippen LogP contribution in [0.2, 0.25) is 0 Å². The van der Waals surface area contributed by atoms with E-state index in [1.807, 2.05) is 6.92 Å². The van der Waals surface area contributed by atoms with E-state index in [1.54, 1.807) is 38.4 Å². The Labute approximate surface area is 144 Å². The van der Waals surface area contributed by atoms with Crippen LogP contribution in [0.5, 0.6) is 11.5 Å². The second kappa shape index (κ2) is 7.87. The summed E-state index contributed by atoms with van der Waals surface area (Å²) in [6.07, 6.45) is 1.77. The first-order valence-corrected chi connectivity index (χ1v) is 8.10. The van der Waals surface area contributed by atoms with Crippen LogP contribution in [-0.4, -0.2) is 49.2 Å². The van der Waals surface area contributed by atoms with Gasteiger partial charge in [0.2, 0.25) is 0 Å². The maximum atomic E-state index is 12.2. The summed E-state index contributed by atoms with van der Waals surface area (Å²) in [5.74, 6) is 0.246. The molecule has 0 saturated carbocycles. The Morgan fingerprint density at radius 2 is 2.12 bits per heavy atom. The van der Waals surface area contributed by atoms with Crippen molar-refractivity contribution in [3.8, 4) is 11.5 Å². The lowest BCUT2D eigenvalue weighted by Gasteiger charge is -2.11. The molecule has 1 aromatic rings. The molecule has 7 nitrogen and oxygen atoms in total. The van der Waals surface area contributed by atoms with Crippen molar-refractivity contribution in [3.63, 3.8) is 0 Å². The topological polar surface area (TPSA) is 94.2 Å². The minimum Gasteiger partial charge on any atom is -0.490 e. The van der Waals surface area contributed by atoms with E-state index in [1.165, 1.54) is 16.7 Å². The van der Waals surface area contributed by atoms with Crippen LogP contribution in [0.3, 0.4) is 0 Å². The van der Waals surface area contributed by atoms with Gasteiger partial charge in [-0.1, -0.05) is 6.07 Å². The second-order valence-electron chi connectivity index (χ2n) is 4.88. The van der Waals surface area contributed by atoms with Gasteiger partial charge in [0.05, 0.1) is 11.5 Å². The molecule has 1 aliphatic rings. The van der Waals surface area contributed by atoms with Crippen LogP contribution < -0.4 is 15.2 Å². The van der Waals surface area contributed by atoms with E-state index in [4.69, 9.17) is 15.2 Å². The van der Waals surface area contributed by atoms with Crippen LogP contribution in [0, 0.1) is 0 Å². The number of nitrogens with zero attached hydrogens (tertiary/aromatic N) is 2. The molecule has 1 aliphatic heterocycles. The van der Waals surface area contributed by atoms with Crippen molar-refractivity contribution >= 4 is 34.8 Å². The number of carbonyl (C=O) groups excluding carboxylic acids is 2. The van der Waals surface area contributed by atoms with E-state index in [0.717, 1.165) is 5.56 Å². The molecular formula is C16H19N3O4S. The zero-order valence-electron chi connectivity index (χ0n) is 13.7. The molecule has 0 spiro atoms. The van der Waals surface area contributed by atoms with Crippen LogP contribution in [0.15, 0.2) is 28.1 Å². The quantitative estimate of drug-likeness (QED) is 0.785. The number of nitrogens with two attached hydrogens (primary N) is 1. The van der Waals surface area contributed by atoms with Crippen molar-refractivity contribution in [2.75, 3.05) is 27.3 Å². The fourth-order valence-electron chi connectivity index (χ4n) is 2.05.